The summed E-state index contributed by atoms with van der Waals surface area (Å²) in [7, 11) is 7.35. The van der Waals surface area contributed by atoms with Crippen LogP contribution in [0, 0.1) is 0 Å². The normalized spacial score (nSPS) is 11.8. The Morgan fingerprint density at radius 1 is 1.14 bits per heavy atom. The summed E-state index contributed by atoms with van der Waals surface area (Å²) < 4.78 is 11.3. The molecule has 0 fully saturated rings. The summed E-state index contributed by atoms with van der Waals surface area (Å²) in [6.45, 7) is 3.23. The second kappa shape index (κ2) is 12.3. The maximum atomic E-state index is 5.96. The van der Waals surface area contributed by atoms with Crippen LogP contribution >= 0.6 is 24.0 Å². The summed E-state index contributed by atoms with van der Waals surface area (Å²) in [5, 5.41) is 6.60. The van der Waals surface area contributed by atoms with Gasteiger partial charge >= 0.3 is 0 Å². The van der Waals surface area contributed by atoms with E-state index in [2.05, 4.69) is 26.7 Å². The number of ether oxygens (including phenoxy) is 2. The van der Waals surface area contributed by atoms with Crippen molar-refractivity contribution in [2.24, 2.45) is 4.99 Å². The number of aliphatic imine (C=N–C) groups is 1. The van der Waals surface area contributed by atoms with Crippen molar-refractivity contribution in [1.82, 2.24) is 15.6 Å². The molecule has 2 rings (SSSR count). The first kappa shape index (κ1) is 23.8. The molecule has 154 valence electrons. The highest BCUT2D eigenvalue weighted by molar-refractivity contribution is 14.0. The quantitative estimate of drug-likeness (QED) is 0.331. The molecule has 2 aromatic rings. The van der Waals surface area contributed by atoms with Gasteiger partial charge < -0.3 is 25.0 Å². The maximum Gasteiger partial charge on any atom is 0.191 e. The lowest BCUT2D eigenvalue weighted by Gasteiger charge is -2.20. The zero-order valence-electron chi connectivity index (χ0n) is 17.1. The van der Waals surface area contributed by atoms with E-state index >= 15 is 0 Å². The minimum Gasteiger partial charge on any atom is -0.493 e. The molecule has 0 radical (unpaired) electrons. The lowest BCUT2D eigenvalue weighted by Crippen LogP contribution is -2.41. The number of halogens is 1. The molecule has 0 aliphatic heterocycles. The SMILES string of the molecule is CN=C(NCc1cccnc1N(C)C)NCC(C)Oc1ccccc1OC.I. The Labute approximate surface area is 184 Å². The summed E-state index contributed by atoms with van der Waals surface area (Å²) >= 11 is 0. The molecule has 0 saturated heterocycles. The number of para-hydroxylation sites is 2. The fraction of sp³-hybridized carbons (Fsp3) is 0.400. The second-order valence-corrected chi connectivity index (χ2v) is 6.27. The maximum absolute atomic E-state index is 5.96. The van der Waals surface area contributed by atoms with Crippen LogP contribution in [0.5, 0.6) is 11.5 Å². The fourth-order valence-electron chi connectivity index (χ4n) is 2.59. The van der Waals surface area contributed by atoms with Crippen molar-refractivity contribution in [1.29, 1.82) is 0 Å². The number of guanidine groups is 1. The molecule has 1 atom stereocenters. The van der Waals surface area contributed by atoms with Crippen molar-refractivity contribution in [2.75, 3.05) is 39.7 Å². The van der Waals surface area contributed by atoms with E-state index in [1.807, 2.05) is 56.3 Å². The summed E-state index contributed by atoms with van der Waals surface area (Å²) in [5.74, 6) is 3.09. The summed E-state index contributed by atoms with van der Waals surface area (Å²) in [6.07, 6.45) is 1.73. The number of rotatable bonds is 8. The molecule has 1 heterocycles. The molecular formula is C20H30IN5O2. The Balaban J connectivity index is 0.00000392. The summed E-state index contributed by atoms with van der Waals surface area (Å²) in [4.78, 5) is 10.7. The van der Waals surface area contributed by atoms with Crippen LogP contribution in [0.25, 0.3) is 0 Å². The minimum atomic E-state index is -0.0596. The van der Waals surface area contributed by atoms with Gasteiger partial charge in [-0.25, -0.2) is 4.98 Å². The number of anilines is 1. The lowest BCUT2D eigenvalue weighted by atomic mass is 10.2. The van der Waals surface area contributed by atoms with Gasteiger partial charge in [0.15, 0.2) is 17.5 Å². The molecular weight excluding hydrogens is 469 g/mol. The molecule has 1 aromatic heterocycles. The van der Waals surface area contributed by atoms with E-state index in [-0.39, 0.29) is 30.1 Å². The van der Waals surface area contributed by atoms with Crippen molar-refractivity contribution in [3.63, 3.8) is 0 Å². The first-order chi connectivity index (χ1) is 13.0. The second-order valence-electron chi connectivity index (χ2n) is 6.27. The standard InChI is InChI=1S/C20H29N5O2.HI/c1-15(27-18-11-7-6-10-17(18)26-5)13-23-20(21-2)24-14-16-9-8-12-22-19(16)25(3)4;/h6-12,15H,13-14H2,1-5H3,(H2,21,23,24);1H. The van der Waals surface area contributed by atoms with Gasteiger partial charge in [-0.15, -0.1) is 24.0 Å². The topological polar surface area (TPSA) is 71.0 Å². The number of hydrogen-bond acceptors (Lipinski definition) is 5. The third kappa shape index (κ3) is 7.06. The van der Waals surface area contributed by atoms with Crippen LogP contribution in [0.2, 0.25) is 0 Å². The predicted octanol–water partition coefficient (Wildman–Crippen LogP) is 2.91. The van der Waals surface area contributed by atoms with Crippen LogP contribution in [-0.2, 0) is 6.54 Å². The van der Waals surface area contributed by atoms with Crippen LogP contribution in [0.1, 0.15) is 12.5 Å². The monoisotopic (exact) mass is 499 g/mol. The van der Waals surface area contributed by atoms with E-state index in [1.165, 1.54) is 0 Å². The molecule has 2 N–H and O–H groups in total. The number of pyridine rings is 1. The molecule has 0 bridgehead atoms. The molecule has 0 saturated carbocycles. The van der Waals surface area contributed by atoms with Crippen molar-refractivity contribution < 1.29 is 9.47 Å². The van der Waals surface area contributed by atoms with Crippen LogP contribution in [0.3, 0.4) is 0 Å². The molecule has 28 heavy (non-hydrogen) atoms. The van der Waals surface area contributed by atoms with Gasteiger partial charge in [0.25, 0.3) is 0 Å². The first-order valence-corrected chi connectivity index (χ1v) is 8.90. The third-order valence-corrected chi connectivity index (χ3v) is 3.92. The third-order valence-electron chi connectivity index (χ3n) is 3.92. The van der Waals surface area contributed by atoms with Crippen LogP contribution < -0.4 is 25.0 Å². The van der Waals surface area contributed by atoms with E-state index in [4.69, 9.17) is 9.47 Å². The van der Waals surface area contributed by atoms with Gasteiger partial charge in [0.05, 0.1) is 13.7 Å². The van der Waals surface area contributed by atoms with E-state index in [1.54, 1.807) is 20.4 Å². The zero-order chi connectivity index (χ0) is 19.6. The number of aromatic nitrogens is 1. The van der Waals surface area contributed by atoms with Gasteiger partial charge in [-0.2, -0.15) is 0 Å². The number of hydrogen-bond donors (Lipinski definition) is 2. The van der Waals surface area contributed by atoms with Crippen LogP contribution in [0.4, 0.5) is 5.82 Å². The molecule has 0 aliphatic carbocycles. The Morgan fingerprint density at radius 2 is 1.86 bits per heavy atom. The number of benzene rings is 1. The van der Waals surface area contributed by atoms with Gasteiger partial charge in [0.1, 0.15) is 11.9 Å². The Bertz CT molecular complexity index is 755. The van der Waals surface area contributed by atoms with Gasteiger partial charge in [-0.05, 0) is 25.1 Å². The highest BCUT2D eigenvalue weighted by atomic mass is 127. The van der Waals surface area contributed by atoms with Crippen molar-refractivity contribution in [3.05, 3.63) is 48.2 Å². The lowest BCUT2D eigenvalue weighted by molar-refractivity contribution is 0.213. The van der Waals surface area contributed by atoms with Crippen molar-refractivity contribution in [2.45, 2.75) is 19.6 Å². The molecule has 1 unspecified atom stereocenters. The van der Waals surface area contributed by atoms with Gasteiger partial charge in [0, 0.05) is 39.4 Å². The Kier molecular flexibility index (Phi) is 10.4. The average Bonchev–Trinajstić information content (AvgIpc) is 2.68. The van der Waals surface area contributed by atoms with Gasteiger partial charge in [-0.3, -0.25) is 4.99 Å². The van der Waals surface area contributed by atoms with Crippen LogP contribution in [-0.4, -0.2) is 51.8 Å². The number of methoxy groups -OCH3 is 1. The Morgan fingerprint density at radius 3 is 2.50 bits per heavy atom. The largest absolute Gasteiger partial charge is 0.493 e. The molecule has 7 nitrogen and oxygen atoms in total. The summed E-state index contributed by atoms with van der Waals surface area (Å²) in [5.41, 5.74) is 1.10. The highest BCUT2D eigenvalue weighted by Crippen LogP contribution is 2.26. The minimum absolute atomic E-state index is 0. The molecule has 1 aromatic carbocycles. The number of nitrogens with zero attached hydrogens (tertiary/aromatic N) is 3. The molecule has 0 amide bonds. The first-order valence-electron chi connectivity index (χ1n) is 8.90. The van der Waals surface area contributed by atoms with E-state index in [0.29, 0.717) is 19.0 Å². The highest BCUT2D eigenvalue weighted by Gasteiger charge is 2.10. The molecule has 8 heteroatoms. The molecule has 0 aliphatic rings. The van der Waals surface area contributed by atoms with Gasteiger partial charge in [0.2, 0.25) is 0 Å². The van der Waals surface area contributed by atoms with E-state index in [9.17, 15) is 0 Å². The molecule has 0 spiro atoms. The Hall–Kier alpha value is -2.23. The predicted molar refractivity (Wildman–Crippen MR) is 125 cm³/mol. The van der Waals surface area contributed by atoms with Gasteiger partial charge in [-0.1, -0.05) is 18.2 Å². The zero-order valence-corrected chi connectivity index (χ0v) is 19.4. The smallest absolute Gasteiger partial charge is 0.191 e. The summed E-state index contributed by atoms with van der Waals surface area (Å²) in [6, 6.07) is 11.6. The van der Waals surface area contributed by atoms with Crippen LogP contribution in [0.15, 0.2) is 47.6 Å². The van der Waals surface area contributed by atoms with Crippen molar-refractivity contribution in [3.8, 4) is 11.5 Å². The van der Waals surface area contributed by atoms with Crippen molar-refractivity contribution >= 4 is 35.8 Å². The number of nitrogens with one attached hydrogen (secondary N) is 2. The average molecular weight is 499 g/mol. The van der Waals surface area contributed by atoms with E-state index in [0.717, 1.165) is 22.9 Å². The fourth-order valence-corrected chi connectivity index (χ4v) is 2.59. The van der Waals surface area contributed by atoms with E-state index < -0.39 is 0 Å².